The van der Waals surface area contributed by atoms with Gasteiger partial charge < -0.3 is 4.74 Å². The number of halogens is 1. The highest BCUT2D eigenvalue weighted by Crippen LogP contribution is 2.31. The van der Waals surface area contributed by atoms with Crippen LogP contribution in [-0.2, 0) is 0 Å². The number of hydrogen-bond acceptors (Lipinski definition) is 3. The van der Waals surface area contributed by atoms with Gasteiger partial charge in [0.25, 0.3) is 0 Å². The summed E-state index contributed by atoms with van der Waals surface area (Å²) in [5, 5.41) is 0. The highest BCUT2D eigenvalue weighted by atomic mass is 79.9. The van der Waals surface area contributed by atoms with Gasteiger partial charge in [-0.2, -0.15) is 0 Å². The van der Waals surface area contributed by atoms with E-state index in [1.807, 2.05) is 6.92 Å². The van der Waals surface area contributed by atoms with E-state index in [1.54, 1.807) is 7.11 Å². The van der Waals surface area contributed by atoms with Crippen molar-refractivity contribution in [1.29, 1.82) is 0 Å². The van der Waals surface area contributed by atoms with Crippen molar-refractivity contribution in [2.45, 2.75) is 26.8 Å². The maximum absolute atomic E-state index is 5.83. The lowest BCUT2D eigenvalue weighted by molar-refractivity contribution is 0.411. The summed E-state index contributed by atoms with van der Waals surface area (Å²) < 4.78 is 6.44. The maximum atomic E-state index is 5.83. The predicted octanol–water partition coefficient (Wildman–Crippen LogP) is 3.94. The third kappa shape index (κ3) is 3.46. The molecule has 2 rings (SSSR count). The van der Waals surface area contributed by atoms with E-state index in [1.165, 1.54) is 5.56 Å². The first kappa shape index (κ1) is 16.0. The Morgan fingerprint density at radius 3 is 2.33 bits per heavy atom. The third-order valence-corrected chi connectivity index (χ3v) is 4.12. The van der Waals surface area contributed by atoms with Crippen LogP contribution in [0.4, 0.5) is 0 Å². The molecule has 2 aromatic rings. The molecule has 0 spiro atoms. The van der Waals surface area contributed by atoms with Gasteiger partial charge in [0.05, 0.1) is 13.2 Å². The van der Waals surface area contributed by atoms with Crippen LogP contribution in [0.1, 0.15) is 33.9 Å². The first-order valence-electron chi connectivity index (χ1n) is 6.84. The van der Waals surface area contributed by atoms with Crippen molar-refractivity contribution in [1.82, 2.24) is 5.43 Å². The molecule has 4 heteroatoms. The molecule has 1 unspecified atom stereocenters. The summed E-state index contributed by atoms with van der Waals surface area (Å²) in [6.45, 7) is 6.20. The zero-order chi connectivity index (χ0) is 15.6. The second-order valence-corrected chi connectivity index (χ2v) is 6.26. The number of nitrogens with two attached hydrogens (primary N) is 1. The van der Waals surface area contributed by atoms with E-state index in [0.717, 1.165) is 32.5 Å². The van der Waals surface area contributed by atoms with Crippen LogP contribution in [0.2, 0.25) is 0 Å². The molecule has 3 nitrogen and oxygen atoms in total. The summed E-state index contributed by atoms with van der Waals surface area (Å²) in [7, 11) is 1.69. The van der Waals surface area contributed by atoms with Crippen LogP contribution in [0.3, 0.4) is 0 Å². The van der Waals surface area contributed by atoms with Gasteiger partial charge in [0.1, 0.15) is 5.75 Å². The summed E-state index contributed by atoms with van der Waals surface area (Å²) in [5.41, 5.74) is 8.68. The third-order valence-electron chi connectivity index (χ3n) is 3.66. The van der Waals surface area contributed by atoms with Gasteiger partial charge in [0.15, 0.2) is 0 Å². The fourth-order valence-corrected chi connectivity index (χ4v) is 3.27. The summed E-state index contributed by atoms with van der Waals surface area (Å²) in [6, 6.07) is 10.5. The molecule has 0 aromatic heterocycles. The molecule has 0 bridgehead atoms. The van der Waals surface area contributed by atoms with Crippen molar-refractivity contribution >= 4 is 15.9 Å². The van der Waals surface area contributed by atoms with Gasteiger partial charge >= 0.3 is 0 Å². The zero-order valence-electron chi connectivity index (χ0n) is 12.8. The van der Waals surface area contributed by atoms with Crippen LogP contribution in [-0.4, -0.2) is 7.11 Å². The smallest absolute Gasteiger partial charge is 0.122 e. The van der Waals surface area contributed by atoms with Crippen LogP contribution in [0, 0.1) is 20.8 Å². The lowest BCUT2D eigenvalue weighted by atomic mass is 9.93. The molecular weight excluding hydrogens is 328 g/mol. The number of nitrogens with one attached hydrogen (secondary N) is 1. The number of aryl methyl sites for hydroxylation is 3. The Bertz CT molecular complexity index is 635. The average Bonchev–Trinajstić information content (AvgIpc) is 2.42. The van der Waals surface area contributed by atoms with Crippen molar-refractivity contribution in [2.75, 3.05) is 7.11 Å². The minimum absolute atomic E-state index is 0.0502. The average molecular weight is 349 g/mol. The molecule has 3 N–H and O–H groups in total. The van der Waals surface area contributed by atoms with Crippen molar-refractivity contribution in [3.05, 3.63) is 62.6 Å². The molecule has 0 radical (unpaired) electrons. The summed E-state index contributed by atoms with van der Waals surface area (Å²) in [4.78, 5) is 0. The lowest BCUT2D eigenvalue weighted by Crippen LogP contribution is -2.29. The zero-order valence-corrected chi connectivity index (χ0v) is 14.4. The Morgan fingerprint density at radius 1 is 1.05 bits per heavy atom. The van der Waals surface area contributed by atoms with Crippen molar-refractivity contribution < 1.29 is 4.74 Å². The maximum Gasteiger partial charge on any atom is 0.122 e. The molecule has 0 aliphatic carbocycles. The standard InChI is InChI=1S/C17H21BrN2O/c1-10-5-13(9-14(18)6-10)17(20-19)15-7-12(3)16(21-4)8-11(15)2/h5-9,17,20H,19H2,1-4H3. The van der Waals surface area contributed by atoms with E-state index in [0.29, 0.717) is 0 Å². The topological polar surface area (TPSA) is 47.3 Å². The second kappa shape index (κ2) is 6.60. The summed E-state index contributed by atoms with van der Waals surface area (Å²) in [5.74, 6) is 6.73. The monoisotopic (exact) mass is 348 g/mol. The van der Waals surface area contributed by atoms with E-state index in [9.17, 15) is 0 Å². The van der Waals surface area contributed by atoms with Crippen LogP contribution in [0.5, 0.6) is 5.75 Å². The molecule has 112 valence electrons. The van der Waals surface area contributed by atoms with Gasteiger partial charge in [0, 0.05) is 4.47 Å². The minimum Gasteiger partial charge on any atom is -0.496 e. The SMILES string of the molecule is COc1cc(C)c(C(NN)c2cc(C)cc(Br)c2)cc1C. The molecule has 21 heavy (non-hydrogen) atoms. The van der Waals surface area contributed by atoms with Crippen LogP contribution in [0.25, 0.3) is 0 Å². The Labute approximate surface area is 134 Å². The highest BCUT2D eigenvalue weighted by molar-refractivity contribution is 9.10. The Balaban J connectivity index is 2.53. The van der Waals surface area contributed by atoms with Gasteiger partial charge in [-0.3, -0.25) is 5.84 Å². The normalized spacial score (nSPS) is 12.3. The van der Waals surface area contributed by atoms with Crippen LogP contribution < -0.4 is 16.0 Å². The molecule has 0 fully saturated rings. The highest BCUT2D eigenvalue weighted by Gasteiger charge is 2.17. The van der Waals surface area contributed by atoms with E-state index in [-0.39, 0.29) is 6.04 Å². The van der Waals surface area contributed by atoms with Crippen LogP contribution >= 0.6 is 15.9 Å². The van der Waals surface area contributed by atoms with Gasteiger partial charge in [-0.1, -0.05) is 28.1 Å². The van der Waals surface area contributed by atoms with E-state index in [4.69, 9.17) is 10.6 Å². The molecule has 0 aliphatic rings. The van der Waals surface area contributed by atoms with Gasteiger partial charge in [-0.15, -0.1) is 0 Å². The van der Waals surface area contributed by atoms with Gasteiger partial charge in [-0.05, 0) is 66.8 Å². The number of rotatable bonds is 4. The largest absolute Gasteiger partial charge is 0.496 e. The molecule has 0 aliphatic heterocycles. The molecule has 0 heterocycles. The lowest BCUT2D eigenvalue weighted by Gasteiger charge is -2.21. The van der Waals surface area contributed by atoms with Gasteiger partial charge in [-0.25, -0.2) is 5.43 Å². The fraction of sp³-hybridized carbons (Fsp3) is 0.294. The number of benzene rings is 2. The Hall–Kier alpha value is -1.36. The fourth-order valence-electron chi connectivity index (χ4n) is 2.64. The van der Waals surface area contributed by atoms with E-state index in [2.05, 4.69) is 65.5 Å². The van der Waals surface area contributed by atoms with Gasteiger partial charge in [0.2, 0.25) is 0 Å². The van der Waals surface area contributed by atoms with E-state index >= 15 is 0 Å². The quantitative estimate of drug-likeness (QED) is 0.649. The summed E-state index contributed by atoms with van der Waals surface area (Å²) in [6.07, 6.45) is 0. The first-order chi connectivity index (χ1) is 9.96. The van der Waals surface area contributed by atoms with Crippen LogP contribution in [0.15, 0.2) is 34.8 Å². The number of ether oxygens (including phenoxy) is 1. The molecule has 1 atom stereocenters. The molecule has 0 saturated carbocycles. The summed E-state index contributed by atoms with van der Waals surface area (Å²) >= 11 is 3.55. The first-order valence-corrected chi connectivity index (χ1v) is 7.64. The molecule has 0 saturated heterocycles. The Morgan fingerprint density at radius 2 is 1.76 bits per heavy atom. The second-order valence-electron chi connectivity index (χ2n) is 5.34. The number of methoxy groups -OCH3 is 1. The van der Waals surface area contributed by atoms with Crippen molar-refractivity contribution in [3.8, 4) is 5.75 Å². The van der Waals surface area contributed by atoms with Crippen molar-refractivity contribution in [2.24, 2.45) is 5.84 Å². The predicted molar refractivity (Wildman–Crippen MR) is 90.5 cm³/mol. The Kier molecular flexibility index (Phi) is 5.04. The molecule has 2 aromatic carbocycles. The number of hydrogen-bond donors (Lipinski definition) is 2. The van der Waals surface area contributed by atoms with E-state index < -0.39 is 0 Å². The van der Waals surface area contributed by atoms with Crippen molar-refractivity contribution in [3.63, 3.8) is 0 Å². The molecular formula is C17H21BrN2O. The minimum atomic E-state index is -0.0502. The number of hydrazine groups is 1. The molecule has 0 amide bonds.